The number of hydrogen-bond acceptors (Lipinski definition) is 4. The first-order valence-corrected chi connectivity index (χ1v) is 8.74. The van der Waals surface area contributed by atoms with E-state index in [0.717, 1.165) is 4.90 Å². The van der Waals surface area contributed by atoms with Gasteiger partial charge in [-0.05, 0) is 30.3 Å². The summed E-state index contributed by atoms with van der Waals surface area (Å²) in [5, 5.41) is 11.7. The zero-order chi connectivity index (χ0) is 20.4. The summed E-state index contributed by atoms with van der Waals surface area (Å²) in [4.78, 5) is 25.7. The number of furan rings is 1. The molecule has 3 aromatic rings. The van der Waals surface area contributed by atoms with E-state index in [2.05, 4.69) is 11.4 Å². The number of benzene rings is 2. The Balaban J connectivity index is 1.58. The molecule has 1 aliphatic heterocycles. The van der Waals surface area contributed by atoms with Gasteiger partial charge >= 0.3 is 6.03 Å². The van der Waals surface area contributed by atoms with E-state index >= 15 is 0 Å². The lowest BCUT2D eigenvalue weighted by molar-refractivity contribution is -0.123. The van der Waals surface area contributed by atoms with Gasteiger partial charge in [0.05, 0.1) is 18.2 Å². The zero-order valence-corrected chi connectivity index (χ0v) is 15.1. The van der Waals surface area contributed by atoms with E-state index in [9.17, 15) is 19.2 Å². The second-order valence-electron chi connectivity index (χ2n) is 6.33. The van der Waals surface area contributed by atoms with E-state index in [4.69, 9.17) is 4.42 Å². The van der Waals surface area contributed by atoms with Crippen molar-refractivity contribution in [3.63, 3.8) is 0 Å². The molecule has 6 nitrogen and oxygen atoms in total. The van der Waals surface area contributed by atoms with Crippen LogP contribution < -0.4 is 5.32 Å². The van der Waals surface area contributed by atoms with Crippen LogP contribution in [0.25, 0.3) is 17.4 Å². The number of carbonyl (C=O) groups excluding carboxylic acids is 2. The first kappa shape index (κ1) is 18.2. The smallest absolute Gasteiger partial charge is 0.329 e. The van der Waals surface area contributed by atoms with Crippen LogP contribution in [-0.4, -0.2) is 16.8 Å². The highest BCUT2D eigenvalue weighted by molar-refractivity contribution is 6.13. The summed E-state index contributed by atoms with van der Waals surface area (Å²) in [5.41, 5.74) is 1.36. The van der Waals surface area contributed by atoms with Gasteiger partial charge in [0, 0.05) is 17.2 Å². The fraction of sp³-hybridized carbons (Fsp3) is 0.0455. The van der Waals surface area contributed by atoms with E-state index in [-0.39, 0.29) is 17.8 Å². The van der Waals surface area contributed by atoms with Crippen LogP contribution in [0.2, 0.25) is 0 Å². The molecule has 0 unspecified atom stereocenters. The van der Waals surface area contributed by atoms with Gasteiger partial charge in [0.25, 0.3) is 5.91 Å². The van der Waals surface area contributed by atoms with E-state index in [1.165, 1.54) is 24.3 Å². The molecule has 2 aromatic carbocycles. The Morgan fingerprint density at radius 3 is 2.62 bits per heavy atom. The Morgan fingerprint density at radius 2 is 1.83 bits per heavy atom. The summed E-state index contributed by atoms with van der Waals surface area (Å²) in [6, 6.07) is 17.7. The number of urea groups is 1. The molecule has 2 heterocycles. The quantitative estimate of drug-likeness (QED) is 0.540. The van der Waals surface area contributed by atoms with Crippen molar-refractivity contribution in [2.75, 3.05) is 0 Å². The van der Waals surface area contributed by atoms with Gasteiger partial charge in [-0.2, -0.15) is 5.26 Å². The Kier molecular flexibility index (Phi) is 4.67. The number of imide groups is 1. The molecular weight excluding hydrogens is 373 g/mol. The van der Waals surface area contributed by atoms with Gasteiger partial charge in [-0.3, -0.25) is 9.69 Å². The van der Waals surface area contributed by atoms with Crippen molar-refractivity contribution in [1.29, 1.82) is 5.26 Å². The second-order valence-corrected chi connectivity index (χ2v) is 6.33. The Labute approximate surface area is 165 Å². The molecule has 0 aliphatic carbocycles. The summed E-state index contributed by atoms with van der Waals surface area (Å²) < 4.78 is 19.6. The van der Waals surface area contributed by atoms with Crippen LogP contribution in [0.1, 0.15) is 16.9 Å². The third kappa shape index (κ3) is 3.51. The lowest BCUT2D eigenvalue weighted by Gasteiger charge is -2.12. The number of halogens is 1. The van der Waals surface area contributed by atoms with E-state index in [1.807, 2.05) is 0 Å². The molecule has 0 saturated carbocycles. The van der Waals surface area contributed by atoms with Crippen LogP contribution in [0.3, 0.4) is 0 Å². The number of hydrogen-bond donors (Lipinski definition) is 1. The highest BCUT2D eigenvalue weighted by Crippen LogP contribution is 2.27. The van der Waals surface area contributed by atoms with Gasteiger partial charge in [-0.25, -0.2) is 9.18 Å². The molecule has 4 rings (SSSR count). The average Bonchev–Trinajstić information content (AvgIpc) is 3.30. The molecule has 0 bridgehead atoms. The monoisotopic (exact) mass is 387 g/mol. The van der Waals surface area contributed by atoms with Gasteiger partial charge in [0.2, 0.25) is 0 Å². The normalized spacial score (nSPS) is 14.9. The molecule has 0 radical (unpaired) electrons. The average molecular weight is 387 g/mol. The largest absolute Gasteiger partial charge is 0.457 e. The molecule has 0 spiro atoms. The van der Waals surface area contributed by atoms with Crippen molar-refractivity contribution in [3.05, 3.63) is 89.1 Å². The van der Waals surface area contributed by atoms with Crippen LogP contribution in [-0.2, 0) is 11.3 Å². The molecule has 0 atom stereocenters. The van der Waals surface area contributed by atoms with Crippen LogP contribution in [0.5, 0.6) is 0 Å². The topological polar surface area (TPSA) is 86.3 Å². The highest BCUT2D eigenvalue weighted by atomic mass is 19.1. The highest BCUT2D eigenvalue weighted by Gasteiger charge is 2.34. The summed E-state index contributed by atoms with van der Waals surface area (Å²) in [7, 11) is 0. The van der Waals surface area contributed by atoms with Crippen molar-refractivity contribution in [1.82, 2.24) is 10.2 Å². The Bertz CT molecular complexity index is 1190. The van der Waals surface area contributed by atoms with Gasteiger partial charge < -0.3 is 9.73 Å². The molecule has 142 valence electrons. The maximum atomic E-state index is 13.8. The van der Waals surface area contributed by atoms with Crippen LogP contribution in [0.15, 0.2) is 70.8 Å². The van der Waals surface area contributed by atoms with Crippen LogP contribution in [0, 0.1) is 17.1 Å². The number of rotatable bonds is 4. The predicted octanol–water partition coefficient (Wildman–Crippen LogP) is 4.05. The minimum absolute atomic E-state index is 0.0285. The maximum absolute atomic E-state index is 13.8. The molecule has 1 aliphatic rings. The lowest BCUT2D eigenvalue weighted by Crippen LogP contribution is -2.30. The maximum Gasteiger partial charge on any atom is 0.329 e. The standard InChI is InChI=1S/C22H14FN3O3/c23-18-8-4-2-6-15(18)13-26-21(27)19(25-22(26)28)11-16-9-10-20(29-16)17-7-3-1-5-14(17)12-24/h1-11H,13H2,(H,25,28)/b19-11+. The molecule has 1 aromatic heterocycles. The third-order valence-corrected chi connectivity index (χ3v) is 4.47. The first-order valence-electron chi connectivity index (χ1n) is 8.74. The number of nitrogens with zero attached hydrogens (tertiary/aromatic N) is 2. The number of amides is 3. The Morgan fingerprint density at radius 1 is 1.07 bits per heavy atom. The van der Waals surface area contributed by atoms with Crippen molar-refractivity contribution in [3.8, 4) is 17.4 Å². The van der Waals surface area contributed by atoms with Crippen LogP contribution >= 0.6 is 0 Å². The number of nitriles is 1. The summed E-state index contributed by atoms with van der Waals surface area (Å²) in [5.74, 6) is -0.260. The second kappa shape index (κ2) is 7.44. The lowest BCUT2D eigenvalue weighted by atomic mass is 10.1. The van der Waals surface area contributed by atoms with Gasteiger partial charge in [-0.1, -0.05) is 30.3 Å². The SMILES string of the molecule is N#Cc1ccccc1-c1ccc(/C=C2/NC(=O)N(Cc3ccccc3F)C2=O)o1. The van der Waals surface area contributed by atoms with Gasteiger partial charge in [-0.15, -0.1) is 0 Å². The third-order valence-electron chi connectivity index (χ3n) is 4.47. The van der Waals surface area contributed by atoms with Crippen molar-refractivity contribution in [2.24, 2.45) is 0 Å². The van der Waals surface area contributed by atoms with Crippen molar-refractivity contribution in [2.45, 2.75) is 6.54 Å². The molecule has 1 fully saturated rings. The zero-order valence-electron chi connectivity index (χ0n) is 15.1. The predicted molar refractivity (Wildman–Crippen MR) is 102 cm³/mol. The van der Waals surface area contributed by atoms with Crippen LogP contribution in [0.4, 0.5) is 9.18 Å². The minimum Gasteiger partial charge on any atom is -0.457 e. The Hall–Kier alpha value is -4.18. The summed E-state index contributed by atoms with van der Waals surface area (Å²) in [6.07, 6.45) is 1.40. The molecular formula is C22H14FN3O3. The van der Waals surface area contributed by atoms with E-state index in [0.29, 0.717) is 22.6 Å². The molecule has 1 N–H and O–H groups in total. The molecule has 3 amide bonds. The molecule has 1 saturated heterocycles. The minimum atomic E-state index is -0.633. The van der Waals surface area contributed by atoms with Gasteiger partial charge in [0.15, 0.2) is 0 Å². The van der Waals surface area contributed by atoms with E-state index < -0.39 is 17.8 Å². The van der Waals surface area contributed by atoms with Crippen molar-refractivity contribution >= 4 is 18.0 Å². The summed E-state index contributed by atoms with van der Waals surface area (Å²) >= 11 is 0. The fourth-order valence-corrected chi connectivity index (χ4v) is 3.03. The molecule has 29 heavy (non-hydrogen) atoms. The number of carbonyl (C=O) groups is 2. The van der Waals surface area contributed by atoms with E-state index in [1.54, 1.807) is 42.5 Å². The fourth-order valence-electron chi connectivity index (χ4n) is 3.03. The first-order chi connectivity index (χ1) is 14.1. The molecule has 7 heteroatoms. The number of nitrogens with one attached hydrogen (secondary N) is 1. The van der Waals surface area contributed by atoms with Gasteiger partial charge in [0.1, 0.15) is 23.0 Å². The summed E-state index contributed by atoms with van der Waals surface area (Å²) in [6.45, 7) is -0.173. The van der Waals surface area contributed by atoms with Crippen molar-refractivity contribution < 1.29 is 18.4 Å².